The van der Waals surface area contributed by atoms with Crippen LogP contribution in [0, 0.1) is 0 Å². The van der Waals surface area contributed by atoms with E-state index < -0.39 is 18.0 Å². The van der Waals surface area contributed by atoms with Gasteiger partial charge in [0.2, 0.25) is 5.91 Å². The van der Waals surface area contributed by atoms with Gasteiger partial charge in [-0.3, -0.25) is 14.4 Å². The lowest BCUT2D eigenvalue weighted by Gasteiger charge is -2.26. The van der Waals surface area contributed by atoms with Gasteiger partial charge in [0.1, 0.15) is 6.61 Å². The monoisotopic (exact) mass is 545 g/mol. The molecule has 1 aromatic carbocycles. The zero-order valence-corrected chi connectivity index (χ0v) is 23.8. The number of ether oxygens (including phenoxy) is 2. The van der Waals surface area contributed by atoms with Gasteiger partial charge in [0.25, 0.3) is 5.91 Å². The number of carbonyl (C=O) groups is 4. The molecule has 3 amide bonds. The SMILES string of the molecule is C=C/C=C(\C)COC(=O)N(Cc1ccc(C(=O)NCCCCC(=O)NOCCCC)c(C(=O)OC)c1)C(C)C. The highest BCUT2D eigenvalue weighted by Gasteiger charge is 2.22. The number of unbranched alkanes of at least 4 members (excludes halogenated alkanes) is 2. The van der Waals surface area contributed by atoms with Crippen LogP contribution in [0.25, 0.3) is 0 Å². The van der Waals surface area contributed by atoms with Gasteiger partial charge in [-0.2, -0.15) is 0 Å². The number of esters is 1. The highest BCUT2D eigenvalue weighted by atomic mass is 16.6. The van der Waals surface area contributed by atoms with Gasteiger partial charge < -0.3 is 19.7 Å². The maximum atomic E-state index is 12.8. The number of hydrogen-bond acceptors (Lipinski definition) is 7. The number of benzene rings is 1. The van der Waals surface area contributed by atoms with E-state index in [1.165, 1.54) is 12.0 Å². The minimum atomic E-state index is -0.661. The predicted octanol–water partition coefficient (Wildman–Crippen LogP) is 4.70. The van der Waals surface area contributed by atoms with Gasteiger partial charge in [-0.25, -0.2) is 15.1 Å². The van der Waals surface area contributed by atoms with Gasteiger partial charge in [-0.1, -0.05) is 38.1 Å². The Bertz CT molecular complexity index is 1000. The number of nitrogens with one attached hydrogen (secondary N) is 2. The average molecular weight is 546 g/mol. The van der Waals surface area contributed by atoms with E-state index in [1.807, 2.05) is 27.7 Å². The Morgan fingerprint density at radius 3 is 2.49 bits per heavy atom. The molecule has 10 heteroatoms. The van der Waals surface area contributed by atoms with Gasteiger partial charge >= 0.3 is 12.1 Å². The molecule has 0 fully saturated rings. The molecule has 0 bridgehead atoms. The van der Waals surface area contributed by atoms with Crippen LogP contribution >= 0.6 is 0 Å². The average Bonchev–Trinajstić information content (AvgIpc) is 2.91. The van der Waals surface area contributed by atoms with Crippen molar-refractivity contribution in [2.45, 2.75) is 72.4 Å². The van der Waals surface area contributed by atoms with Crippen LogP contribution in [-0.2, 0) is 25.7 Å². The summed E-state index contributed by atoms with van der Waals surface area (Å²) in [7, 11) is 1.24. The Labute approximate surface area is 231 Å². The topological polar surface area (TPSA) is 123 Å². The number of allylic oxidation sites excluding steroid dienone is 2. The molecule has 39 heavy (non-hydrogen) atoms. The van der Waals surface area contributed by atoms with Crippen molar-refractivity contribution in [1.29, 1.82) is 0 Å². The van der Waals surface area contributed by atoms with E-state index in [0.717, 1.165) is 18.4 Å². The number of carbonyl (C=O) groups excluding carboxylic acids is 4. The van der Waals surface area contributed by atoms with E-state index in [9.17, 15) is 19.2 Å². The van der Waals surface area contributed by atoms with Gasteiger partial charge in [-0.15, -0.1) is 0 Å². The van der Waals surface area contributed by atoms with Crippen LogP contribution in [-0.4, -0.2) is 61.7 Å². The molecule has 1 rings (SSSR count). The Kier molecular flexibility index (Phi) is 15.9. The largest absolute Gasteiger partial charge is 0.465 e. The lowest BCUT2D eigenvalue weighted by atomic mass is 10.0. The van der Waals surface area contributed by atoms with Crippen LogP contribution in [0.4, 0.5) is 4.79 Å². The fraction of sp³-hybridized carbons (Fsp3) is 0.517. The summed E-state index contributed by atoms with van der Waals surface area (Å²) >= 11 is 0. The Morgan fingerprint density at radius 1 is 1.10 bits per heavy atom. The molecule has 0 saturated carbocycles. The second kappa shape index (κ2) is 18.6. The first-order valence-corrected chi connectivity index (χ1v) is 13.3. The normalized spacial score (nSPS) is 11.1. The second-order valence-electron chi connectivity index (χ2n) is 9.34. The standard InChI is InChI=1S/C29H43N3O7/c1-7-9-17-39-31-26(33)13-10-11-16-30-27(34)24-15-14-23(18-25(24)28(35)37-6)19-32(21(3)4)29(36)38-20-22(5)12-8-2/h8,12,14-15,18,21H,2,7,9-11,13,16-17,19-20H2,1,3-6H3,(H,30,34)(H,31,33)/b22-12+. The van der Waals surface area contributed by atoms with E-state index in [-0.39, 0.29) is 42.6 Å². The third-order valence-corrected chi connectivity index (χ3v) is 5.67. The molecule has 0 radical (unpaired) electrons. The minimum absolute atomic E-state index is 0.0953. The smallest absolute Gasteiger partial charge is 0.410 e. The fourth-order valence-corrected chi connectivity index (χ4v) is 3.44. The summed E-state index contributed by atoms with van der Waals surface area (Å²) in [6, 6.07) is 4.61. The maximum Gasteiger partial charge on any atom is 0.410 e. The predicted molar refractivity (Wildman–Crippen MR) is 149 cm³/mol. The van der Waals surface area contributed by atoms with Crippen LogP contribution in [0.5, 0.6) is 0 Å². The van der Waals surface area contributed by atoms with Crippen molar-refractivity contribution in [2.24, 2.45) is 0 Å². The zero-order valence-electron chi connectivity index (χ0n) is 23.8. The highest BCUT2D eigenvalue weighted by molar-refractivity contribution is 6.05. The summed E-state index contributed by atoms with van der Waals surface area (Å²) in [5.41, 5.74) is 4.16. The molecule has 0 heterocycles. The first-order chi connectivity index (χ1) is 18.6. The zero-order chi connectivity index (χ0) is 29.2. The summed E-state index contributed by atoms with van der Waals surface area (Å²) < 4.78 is 10.3. The lowest BCUT2D eigenvalue weighted by Crippen LogP contribution is -2.37. The summed E-state index contributed by atoms with van der Waals surface area (Å²) in [6.45, 7) is 12.3. The quantitative estimate of drug-likeness (QED) is 0.126. The van der Waals surface area contributed by atoms with Crippen molar-refractivity contribution in [1.82, 2.24) is 15.7 Å². The van der Waals surface area contributed by atoms with Crippen LogP contribution in [0.15, 0.2) is 42.5 Å². The van der Waals surface area contributed by atoms with Crippen LogP contribution < -0.4 is 10.8 Å². The number of rotatable bonds is 17. The molecule has 0 saturated heterocycles. The molecule has 0 aliphatic heterocycles. The number of hydrogen-bond donors (Lipinski definition) is 2. The number of nitrogens with zero attached hydrogens (tertiary/aromatic N) is 1. The van der Waals surface area contributed by atoms with E-state index >= 15 is 0 Å². The van der Waals surface area contributed by atoms with Crippen molar-refractivity contribution < 1.29 is 33.5 Å². The first-order valence-electron chi connectivity index (χ1n) is 13.3. The van der Waals surface area contributed by atoms with Crippen LogP contribution in [0.1, 0.15) is 86.1 Å². The number of amides is 3. The molecule has 0 aromatic heterocycles. The molecule has 10 nitrogen and oxygen atoms in total. The molecule has 2 N–H and O–H groups in total. The lowest BCUT2D eigenvalue weighted by molar-refractivity contribution is -0.133. The summed E-state index contributed by atoms with van der Waals surface area (Å²) in [5.74, 6) is -1.30. The van der Waals surface area contributed by atoms with E-state index in [4.69, 9.17) is 14.3 Å². The van der Waals surface area contributed by atoms with Crippen molar-refractivity contribution in [3.05, 3.63) is 59.2 Å². The molecule has 0 spiro atoms. The first kappa shape index (κ1) is 33.4. The van der Waals surface area contributed by atoms with Gasteiger partial charge in [0.05, 0.1) is 24.8 Å². The molecular formula is C29H43N3O7. The van der Waals surface area contributed by atoms with Crippen molar-refractivity contribution in [3.63, 3.8) is 0 Å². The van der Waals surface area contributed by atoms with Gasteiger partial charge in [0.15, 0.2) is 0 Å². The molecule has 1 aromatic rings. The third-order valence-electron chi connectivity index (χ3n) is 5.67. The molecule has 0 aliphatic rings. The maximum absolute atomic E-state index is 12.8. The summed E-state index contributed by atoms with van der Waals surface area (Å²) in [6.07, 6.45) is 6.17. The Morgan fingerprint density at radius 2 is 1.85 bits per heavy atom. The van der Waals surface area contributed by atoms with E-state index in [2.05, 4.69) is 17.4 Å². The fourth-order valence-electron chi connectivity index (χ4n) is 3.44. The van der Waals surface area contributed by atoms with E-state index in [1.54, 1.807) is 30.4 Å². The summed E-state index contributed by atoms with van der Waals surface area (Å²) in [4.78, 5) is 56.4. The van der Waals surface area contributed by atoms with Crippen molar-refractivity contribution >= 4 is 23.9 Å². The number of hydroxylamine groups is 1. The van der Waals surface area contributed by atoms with Gasteiger partial charge in [0, 0.05) is 25.6 Å². The molecule has 0 unspecified atom stereocenters. The molecule has 0 atom stereocenters. The third kappa shape index (κ3) is 12.6. The molecular weight excluding hydrogens is 502 g/mol. The van der Waals surface area contributed by atoms with Crippen LogP contribution in [0.2, 0.25) is 0 Å². The van der Waals surface area contributed by atoms with Crippen LogP contribution in [0.3, 0.4) is 0 Å². The highest BCUT2D eigenvalue weighted by Crippen LogP contribution is 2.17. The van der Waals surface area contributed by atoms with Gasteiger partial charge in [-0.05, 0) is 63.3 Å². The minimum Gasteiger partial charge on any atom is -0.465 e. The van der Waals surface area contributed by atoms with Crippen molar-refractivity contribution in [2.75, 3.05) is 26.9 Å². The Balaban J connectivity index is 2.78. The van der Waals surface area contributed by atoms with Crippen molar-refractivity contribution in [3.8, 4) is 0 Å². The summed E-state index contributed by atoms with van der Waals surface area (Å²) in [5, 5.41) is 2.78. The van der Waals surface area contributed by atoms with E-state index in [0.29, 0.717) is 31.6 Å². The second-order valence-corrected chi connectivity index (χ2v) is 9.34. The molecule has 216 valence electrons. The molecule has 0 aliphatic carbocycles. The number of methoxy groups -OCH3 is 1. The Hall–Kier alpha value is -3.66.